The first-order valence-electron chi connectivity index (χ1n) is 4.25. The van der Waals surface area contributed by atoms with Gasteiger partial charge in [0, 0.05) is 0 Å². The number of H-pyrrole nitrogens is 1. The van der Waals surface area contributed by atoms with Crippen molar-refractivity contribution in [2.45, 2.75) is 6.54 Å². The van der Waals surface area contributed by atoms with Gasteiger partial charge in [-0.3, -0.25) is 9.59 Å². The molecule has 2 heterocycles. The predicted molar refractivity (Wildman–Crippen MR) is 51.8 cm³/mol. The molecule has 3 N–H and O–H groups in total. The third-order valence-electron chi connectivity index (χ3n) is 1.90. The Morgan fingerprint density at radius 3 is 2.88 bits per heavy atom. The third kappa shape index (κ3) is 1.68. The topological polar surface area (TPSA) is 163 Å². The number of hydrogen-bond acceptors (Lipinski definition) is 7. The fourth-order valence-electron chi connectivity index (χ4n) is 1.32. The maximum atomic E-state index is 11.4. The molecular weight excluding hydrogens is 234 g/mol. The number of amides is 1. The van der Waals surface area contributed by atoms with Gasteiger partial charge in [0.2, 0.25) is 11.4 Å². The number of carbonyl (C=O) groups excluding carboxylic acids is 1. The number of nitrogens with zero attached hydrogens (tertiary/aromatic N) is 5. The minimum Gasteiger partial charge on any atom is -0.368 e. The molecule has 11 nitrogen and oxygen atoms in total. The molecule has 0 spiro atoms. The van der Waals surface area contributed by atoms with E-state index in [0.29, 0.717) is 0 Å². The third-order valence-corrected chi connectivity index (χ3v) is 1.90. The van der Waals surface area contributed by atoms with Crippen LogP contribution >= 0.6 is 0 Å². The Morgan fingerprint density at radius 1 is 1.59 bits per heavy atom. The summed E-state index contributed by atoms with van der Waals surface area (Å²) in [6.45, 7) is -0.459. The van der Waals surface area contributed by atoms with Gasteiger partial charge in [-0.05, 0) is 4.92 Å². The maximum absolute atomic E-state index is 11.4. The molecule has 2 aromatic rings. The summed E-state index contributed by atoms with van der Waals surface area (Å²) >= 11 is 0. The number of rotatable bonds is 3. The first kappa shape index (κ1) is 10.7. The summed E-state index contributed by atoms with van der Waals surface area (Å²) in [4.78, 5) is 32.0. The molecule has 11 heteroatoms. The highest BCUT2D eigenvalue weighted by molar-refractivity contribution is 5.83. The van der Waals surface area contributed by atoms with Crippen molar-refractivity contribution in [2.75, 3.05) is 0 Å². The molecule has 0 saturated carbocycles. The molecule has 0 aliphatic carbocycles. The molecule has 0 fully saturated rings. The smallest absolute Gasteiger partial charge is 0.368 e. The van der Waals surface area contributed by atoms with Gasteiger partial charge < -0.3 is 15.8 Å². The second kappa shape index (κ2) is 3.62. The molecular formula is C6H5N7O4. The van der Waals surface area contributed by atoms with Crippen LogP contribution in [-0.2, 0) is 11.3 Å². The van der Waals surface area contributed by atoms with Crippen molar-refractivity contribution in [2.24, 2.45) is 5.73 Å². The Hall–Kier alpha value is -2.85. The first-order chi connectivity index (χ1) is 8.00. The summed E-state index contributed by atoms with van der Waals surface area (Å²) in [5.74, 6) is -1.44. The van der Waals surface area contributed by atoms with E-state index in [1.807, 2.05) is 5.10 Å². The first-order valence-corrected chi connectivity index (χ1v) is 4.25. The SMILES string of the molecule is NC(=O)Cn1nc([N+](=O)[O-])c2nn[nH]c(=O)c21. The van der Waals surface area contributed by atoms with E-state index < -0.39 is 28.8 Å². The summed E-state index contributed by atoms with van der Waals surface area (Å²) < 4.78 is 0.823. The fraction of sp³-hybridized carbons (Fsp3) is 0.167. The number of nitrogens with one attached hydrogen (secondary N) is 1. The van der Waals surface area contributed by atoms with Crippen molar-refractivity contribution in [3.63, 3.8) is 0 Å². The average molecular weight is 239 g/mol. The Balaban J connectivity index is 2.80. The van der Waals surface area contributed by atoms with Gasteiger partial charge in [-0.25, -0.2) is 5.10 Å². The molecule has 0 aromatic carbocycles. The van der Waals surface area contributed by atoms with Crippen molar-refractivity contribution >= 4 is 22.8 Å². The van der Waals surface area contributed by atoms with Crippen LogP contribution in [0.5, 0.6) is 0 Å². The minimum absolute atomic E-state index is 0.217. The molecule has 0 bridgehead atoms. The van der Waals surface area contributed by atoms with Crippen LogP contribution in [0.15, 0.2) is 4.79 Å². The fourth-order valence-corrected chi connectivity index (χ4v) is 1.32. The number of carbonyl (C=O) groups is 1. The second-order valence-electron chi connectivity index (χ2n) is 3.04. The molecule has 0 radical (unpaired) electrons. The highest BCUT2D eigenvalue weighted by Gasteiger charge is 2.26. The molecule has 1 amide bonds. The Labute approximate surface area is 91.4 Å². The van der Waals surface area contributed by atoms with Gasteiger partial charge in [-0.2, -0.15) is 4.68 Å². The molecule has 88 valence electrons. The number of fused-ring (bicyclic) bond motifs is 1. The van der Waals surface area contributed by atoms with Crippen LogP contribution in [0.3, 0.4) is 0 Å². The van der Waals surface area contributed by atoms with E-state index in [2.05, 4.69) is 15.4 Å². The molecule has 0 saturated heterocycles. The lowest BCUT2D eigenvalue weighted by molar-refractivity contribution is -0.388. The van der Waals surface area contributed by atoms with Crippen LogP contribution in [-0.4, -0.2) is 36.0 Å². The lowest BCUT2D eigenvalue weighted by Gasteiger charge is -1.91. The zero-order chi connectivity index (χ0) is 12.6. The van der Waals surface area contributed by atoms with Crippen molar-refractivity contribution in [1.29, 1.82) is 0 Å². The second-order valence-corrected chi connectivity index (χ2v) is 3.04. The van der Waals surface area contributed by atoms with Crippen molar-refractivity contribution < 1.29 is 9.72 Å². The molecule has 0 unspecified atom stereocenters. The van der Waals surface area contributed by atoms with Crippen LogP contribution in [0.4, 0.5) is 5.82 Å². The van der Waals surface area contributed by atoms with Crippen LogP contribution in [0, 0.1) is 10.1 Å². The normalized spacial score (nSPS) is 10.6. The number of primary amides is 1. The molecule has 2 rings (SSSR count). The molecule has 0 aliphatic heterocycles. The van der Waals surface area contributed by atoms with Crippen LogP contribution < -0.4 is 11.3 Å². The predicted octanol–water partition coefficient (Wildman–Crippen LogP) is -2.09. The van der Waals surface area contributed by atoms with E-state index in [9.17, 15) is 19.7 Å². The molecule has 2 aromatic heterocycles. The summed E-state index contributed by atoms with van der Waals surface area (Å²) in [7, 11) is 0. The van der Waals surface area contributed by atoms with Crippen LogP contribution in [0.2, 0.25) is 0 Å². The summed E-state index contributed by atoms with van der Waals surface area (Å²) in [5.41, 5.74) is 3.69. The van der Waals surface area contributed by atoms with Gasteiger partial charge in [0.1, 0.15) is 6.54 Å². The van der Waals surface area contributed by atoms with Crippen LogP contribution in [0.1, 0.15) is 0 Å². The Bertz CT molecular complexity index is 671. The average Bonchev–Trinajstić information content (AvgIpc) is 2.57. The van der Waals surface area contributed by atoms with E-state index in [4.69, 9.17) is 5.73 Å². The highest BCUT2D eigenvalue weighted by atomic mass is 16.6. The number of aromatic amines is 1. The number of nitro groups is 1. The zero-order valence-corrected chi connectivity index (χ0v) is 8.15. The number of nitrogens with two attached hydrogens (primary N) is 1. The lowest BCUT2D eigenvalue weighted by atomic mass is 10.4. The largest absolute Gasteiger partial charge is 0.418 e. The summed E-state index contributed by atoms with van der Waals surface area (Å²) in [5, 5.41) is 22.7. The lowest BCUT2D eigenvalue weighted by Crippen LogP contribution is -2.22. The van der Waals surface area contributed by atoms with Gasteiger partial charge in [-0.1, -0.05) is 5.21 Å². The monoisotopic (exact) mass is 239 g/mol. The summed E-state index contributed by atoms with van der Waals surface area (Å²) in [6.07, 6.45) is 0. The van der Waals surface area contributed by atoms with E-state index in [0.717, 1.165) is 4.68 Å². The van der Waals surface area contributed by atoms with E-state index in [-0.39, 0.29) is 11.0 Å². The van der Waals surface area contributed by atoms with Crippen LogP contribution in [0.25, 0.3) is 11.0 Å². The van der Waals surface area contributed by atoms with Gasteiger partial charge >= 0.3 is 5.82 Å². The number of aromatic nitrogens is 5. The van der Waals surface area contributed by atoms with Crippen molar-refractivity contribution in [1.82, 2.24) is 25.2 Å². The van der Waals surface area contributed by atoms with Gasteiger partial charge in [0.15, 0.2) is 5.52 Å². The molecule has 17 heavy (non-hydrogen) atoms. The van der Waals surface area contributed by atoms with Crippen molar-refractivity contribution in [3.8, 4) is 0 Å². The van der Waals surface area contributed by atoms with E-state index in [1.54, 1.807) is 0 Å². The zero-order valence-electron chi connectivity index (χ0n) is 8.15. The minimum atomic E-state index is -0.825. The van der Waals surface area contributed by atoms with E-state index >= 15 is 0 Å². The quantitative estimate of drug-likeness (QED) is 0.457. The van der Waals surface area contributed by atoms with Gasteiger partial charge in [0.05, 0.1) is 5.10 Å². The Morgan fingerprint density at radius 2 is 2.29 bits per heavy atom. The van der Waals surface area contributed by atoms with Gasteiger partial charge in [-0.15, -0.1) is 5.10 Å². The van der Waals surface area contributed by atoms with Crippen molar-refractivity contribution in [3.05, 3.63) is 20.5 Å². The molecule has 0 aliphatic rings. The number of hydrogen-bond donors (Lipinski definition) is 2. The maximum Gasteiger partial charge on any atom is 0.418 e. The highest BCUT2D eigenvalue weighted by Crippen LogP contribution is 2.18. The molecule has 0 atom stereocenters. The van der Waals surface area contributed by atoms with E-state index in [1.165, 1.54) is 0 Å². The van der Waals surface area contributed by atoms with Gasteiger partial charge in [0.25, 0.3) is 5.56 Å². The standard InChI is InChI=1S/C6H5N7O4/c7-2(14)1-12-4-3(5(10-12)13(16)17)8-11-9-6(4)15/h1H2,(H2,7,14)(H,8,9,15). The Kier molecular flexibility index (Phi) is 2.27. The summed E-state index contributed by atoms with van der Waals surface area (Å²) in [6, 6.07) is 0.